The molecule has 4 aromatic rings. The van der Waals surface area contributed by atoms with Gasteiger partial charge in [0, 0.05) is 55.6 Å². The first-order valence-corrected chi connectivity index (χ1v) is 17.6. The Kier molecular flexibility index (Phi) is 11.7. The quantitative estimate of drug-likeness (QED) is 0.136. The first kappa shape index (κ1) is 38.5. The standard InChI is InChI=1S/C40H37ClF3N5O5/c1-54-36-17-26(33(40(42,43)44)16-28(36)22-49-14-12-27(21-49)39(52)53)10-9-25-4-2-5-30(32(25)18-45)31-6-3-7-34(37(31)41)47-38(51)35-11-8-24(19-46-35)20-48-15-13-29(50)23-48/h2-11,16-17,19,27,29,50H,12-15,20-23H2,1H3,(H,47,51)(H,52,53)/b10-9+/t27-,29-/m1/s1. The number of alkyl halides is 3. The lowest BCUT2D eigenvalue weighted by molar-refractivity contribution is -0.141. The molecule has 2 aliphatic rings. The Balaban J connectivity index is 1.24. The number of carboxylic acids is 1. The summed E-state index contributed by atoms with van der Waals surface area (Å²) >= 11 is 6.80. The Hall–Kier alpha value is -5.26. The van der Waals surface area contributed by atoms with Gasteiger partial charge in [-0.05, 0) is 60.3 Å². The first-order chi connectivity index (χ1) is 25.8. The van der Waals surface area contributed by atoms with E-state index in [-0.39, 0.29) is 58.0 Å². The number of carbonyl (C=O) groups is 2. The number of likely N-dealkylation sites (tertiary alicyclic amines) is 2. The number of aliphatic carboxylic acids is 1. The van der Waals surface area contributed by atoms with Crippen LogP contribution in [-0.2, 0) is 24.1 Å². The van der Waals surface area contributed by atoms with E-state index in [9.17, 15) is 38.2 Å². The zero-order valence-corrected chi connectivity index (χ0v) is 30.0. The predicted octanol–water partition coefficient (Wildman–Crippen LogP) is 7.20. The molecule has 2 saturated heterocycles. The number of β-amino-alcohol motifs (C(OH)–C–C–N with tert-alkyl or cyclic N) is 1. The lowest BCUT2D eigenvalue weighted by Gasteiger charge is -2.20. The van der Waals surface area contributed by atoms with Gasteiger partial charge in [-0.15, -0.1) is 0 Å². The van der Waals surface area contributed by atoms with Crippen molar-refractivity contribution >= 4 is 41.3 Å². The molecule has 3 N–H and O–H groups in total. The largest absolute Gasteiger partial charge is 0.496 e. The zero-order chi connectivity index (χ0) is 38.6. The maximum Gasteiger partial charge on any atom is 0.417 e. The molecule has 0 saturated carbocycles. The molecule has 280 valence electrons. The summed E-state index contributed by atoms with van der Waals surface area (Å²) in [4.78, 5) is 32.8. The minimum Gasteiger partial charge on any atom is -0.496 e. The minimum absolute atomic E-state index is 0.0923. The Morgan fingerprint density at radius 2 is 1.74 bits per heavy atom. The molecule has 6 rings (SSSR count). The summed E-state index contributed by atoms with van der Waals surface area (Å²) in [5, 5.41) is 32.3. The first-order valence-electron chi connectivity index (χ1n) is 17.2. The molecule has 0 bridgehead atoms. The predicted molar refractivity (Wildman–Crippen MR) is 198 cm³/mol. The Labute approximate surface area is 315 Å². The number of pyridine rings is 1. The van der Waals surface area contributed by atoms with Crippen LogP contribution < -0.4 is 10.1 Å². The van der Waals surface area contributed by atoms with E-state index in [0.717, 1.165) is 24.6 Å². The van der Waals surface area contributed by atoms with Crippen molar-refractivity contribution in [1.29, 1.82) is 5.26 Å². The molecule has 0 spiro atoms. The number of halogens is 4. The highest BCUT2D eigenvalue weighted by Gasteiger charge is 2.35. The summed E-state index contributed by atoms with van der Waals surface area (Å²) in [5.74, 6) is -1.80. The fraction of sp³-hybridized carbons (Fsp3) is 0.300. The summed E-state index contributed by atoms with van der Waals surface area (Å²) in [5.41, 5.74) is 1.85. The molecule has 10 nitrogen and oxygen atoms in total. The number of carboxylic acid groups (broad SMARTS) is 1. The van der Waals surface area contributed by atoms with Crippen LogP contribution in [0.25, 0.3) is 23.3 Å². The Morgan fingerprint density at radius 3 is 2.39 bits per heavy atom. The highest BCUT2D eigenvalue weighted by atomic mass is 35.5. The van der Waals surface area contributed by atoms with Crippen LogP contribution in [0.4, 0.5) is 18.9 Å². The maximum absolute atomic E-state index is 14.4. The normalized spacial score (nSPS) is 17.9. The average molecular weight is 760 g/mol. The number of anilines is 1. The number of nitrogens with one attached hydrogen (secondary N) is 1. The van der Waals surface area contributed by atoms with Gasteiger partial charge in [0.15, 0.2) is 0 Å². The van der Waals surface area contributed by atoms with Gasteiger partial charge in [0.25, 0.3) is 5.91 Å². The van der Waals surface area contributed by atoms with E-state index in [1.165, 1.54) is 25.3 Å². The zero-order valence-electron chi connectivity index (χ0n) is 29.2. The molecular weight excluding hydrogens is 723 g/mol. The van der Waals surface area contributed by atoms with Crippen molar-refractivity contribution in [2.45, 2.75) is 38.2 Å². The second kappa shape index (κ2) is 16.4. The summed E-state index contributed by atoms with van der Waals surface area (Å²) in [6.07, 6.45) is 0.385. The van der Waals surface area contributed by atoms with Crippen molar-refractivity contribution in [1.82, 2.24) is 14.8 Å². The number of benzene rings is 3. The van der Waals surface area contributed by atoms with Crippen molar-refractivity contribution in [2.75, 3.05) is 38.6 Å². The van der Waals surface area contributed by atoms with Crippen molar-refractivity contribution in [3.63, 3.8) is 0 Å². The van der Waals surface area contributed by atoms with Crippen molar-refractivity contribution in [3.05, 3.63) is 111 Å². The van der Waals surface area contributed by atoms with Gasteiger partial charge in [-0.1, -0.05) is 60.2 Å². The van der Waals surface area contributed by atoms with Gasteiger partial charge in [-0.3, -0.25) is 24.4 Å². The monoisotopic (exact) mass is 759 g/mol. The maximum atomic E-state index is 14.4. The fourth-order valence-corrected chi connectivity index (χ4v) is 7.16. The van der Waals surface area contributed by atoms with Gasteiger partial charge in [0.05, 0.1) is 41.0 Å². The molecule has 2 atom stereocenters. The smallest absolute Gasteiger partial charge is 0.417 e. The summed E-state index contributed by atoms with van der Waals surface area (Å²) < 4.78 is 48.7. The van der Waals surface area contributed by atoms with Gasteiger partial charge >= 0.3 is 12.1 Å². The van der Waals surface area contributed by atoms with E-state index >= 15 is 0 Å². The molecule has 0 radical (unpaired) electrons. The number of aromatic nitrogens is 1. The number of rotatable bonds is 11. The van der Waals surface area contributed by atoms with E-state index in [4.69, 9.17) is 16.3 Å². The number of methoxy groups -OCH3 is 1. The number of nitriles is 1. The van der Waals surface area contributed by atoms with Crippen LogP contribution in [0.3, 0.4) is 0 Å². The second-order valence-corrected chi connectivity index (χ2v) is 13.8. The number of nitrogens with zero attached hydrogens (tertiary/aromatic N) is 4. The van der Waals surface area contributed by atoms with Crippen molar-refractivity contribution < 1.29 is 37.7 Å². The number of amides is 1. The molecule has 14 heteroatoms. The number of carbonyl (C=O) groups excluding carboxylic acids is 1. The molecule has 1 amide bonds. The van der Waals surface area contributed by atoms with E-state index < -0.39 is 29.5 Å². The van der Waals surface area contributed by atoms with Crippen LogP contribution in [0.15, 0.2) is 66.9 Å². The van der Waals surface area contributed by atoms with Crippen LogP contribution in [0.1, 0.15) is 56.7 Å². The van der Waals surface area contributed by atoms with E-state index in [1.54, 1.807) is 59.6 Å². The molecule has 3 heterocycles. The van der Waals surface area contributed by atoms with Gasteiger partial charge in [-0.2, -0.15) is 18.4 Å². The highest BCUT2D eigenvalue weighted by molar-refractivity contribution is 6.36. The second-order valence-electron chi connectivity index (χ2n) is 13.4. The summed E-state index contributed by atoms with van der Waals surface area (Å²) in [6.45, 7) is 2.74. The summed E-state index contributed by atoms with van der Waals surface area (Å²) in [7, 11) is 1.36. The fourth-order valence-electron chi connectivity index (χ4n) is 6.88. The molecule has 2 aliphatic heterocycles. The third kappa shape index (κ3) is 8.75. The van der Waals surface area contributed by atoms with E-state index in [0.29, 0.717) is 42.7 Å². The number of hydrogen-bond donors (Lipinski definition) is 3. The van der Waals surface area contributed by atoms with Crippen LogP contribution in [-0.4, -0.2) is 76.3 Å². The Morgan fingerprint density at radius 1 is 1.02 bits per heavy atom. The Bertz CT molecular complexity index is 2120. The third-order valence-corrected chi connectivity index (χ3v) is 10.1. The molecule has 0 unspecified atom stereocenters. The SMILES string of the molecule is COc1cc(/C=C/c2cccc(-c3cccc(NC(=O)c4ccc(CN5CC[C@@H](O)C5)cn4)c3Cl)c2C#N)c(C(F)(F)F)cc1CN1CC[C@@H](C(=O)O)C1. The average Bonchev–Trinajstić information content (AvgIpc) is 3.80. The minimum atomic E-state index is -4.72. The van der Waals surface area contributed by atoms with Gasteiger partial charge in [0.1, 0.15) is 17.5 Å². The molecule has 2 fully saturated rings. The van der Waals surface area contributed by atoms with Gasteiger partial charge in [-0.25, -0.2) is 0 Å². The van der Waals surface area contributed by atoms with Crippen LogP contribution in [0, 0.1) is 17.2 Å². The van der Waals surface area contributed by atoms with Crippen LogP contribution >= 0.6 is 11.6 Å². The molecule has 0 aliphatic carbocycles. The molecule has 54 heavy (non-hydrogen) atoms. The van der Waals surface area contributed by atoms with Crippen LogP contribution in [0.2, 0.25) is 5.02 Å². The number of ether oxygens (including phenoxy) is 1. The third-order valence-electron chi connectivity index (χ3n) is 9.67. The number of aliphatic hydroxyl groups is 1. The number of hydrogen-bond acceptors (Lipinski definition) is 8. The molecular formula is C40H37ClF3N5O5. The lowest BCUT2D eigenvalue weighted by Crippen LogP contribution is -2.23. The highest BCUT2D eigenvalue weighted by Crippen LogP contribution is 2.39. The topological polar surface area (TPSA) is 139 Å². The number of aliphatic hydroxyl groups excluding tert-OH is 1. The van der Waals surface area contributed by atoms with Crippen molar-refractivity contribution in [2.24, 2.45) is 5.92 Å². The van der Waals surface area contributed by atoms with Crippen molar-refractivity contribution in [3.8, 4) is 22.9 Å². The summed E-state index contributed by atoms with van der Waals surface area (Å²) in [6, 6.07) is 17.7. The molecule has 3 aromatic carbocycles. The van der Waals surface area contributed by atoms with E-state index in [2.05, 4.69) is 21.3 Å². The van der Waals surface area contributed by atoms with Crippen LogP contribution in [0.5, 0.6) is 5.75 Å². The lowest BCUT2D eigenvalue weighted by atomic mass is 9.94. The molecule has 1 aromatic heterocycles. The van der Waals surface area contributed by atoms with E-state index in [1.807, 2.05) is 0 Å². The van der Waals surface area contributed by atoms with Gasteiger partial charge < -0.3 is 20.3 Å². The van der Waals surface area contributed by atoms with Gasteiger partial charge in [0.2, 0.25) is 0 Å².